The first-order chi connectivity index (χ1) is 9.43. The molecule has 1 atom stereocenters. The molecule has 1 unspecified atom stereocenters. The Morgan fingerprint density at radius 3 is 2.85 bits per heavy atom. The number of rotatable bonds is 4. The Balaban J connectivity index is 2.38. The van der Waals surface area contributed by atoms with E-state index in [1.165, 1.54) is 11.3 Å². The van der Waals surface area contributed by atoms with Crippen LogP contribution in [-0.4, -0.2) is 16.9 Å². The van der Waals surface area contributed by atoms with Crippen molar-refractivity contribution in [3.8, 4) is 0 Å². The molecule has 2 rings (SSSR count). The first-order valence-electron chi connectivity index (χ1n) is 6.91. The van der Waals surface area contributed by atoms with Crippen LogP contribution in [0.15, 0.2) is 6.07 Å². The van der Waals surface area contributed by atoms with Gasteiger partial charge in [-0.3, -0.25) is 9.78 Å². The fourth-order valence-corrected chi connectivity index (χ4v) is 3.62. The molecule has 2 aromatic rings. The quantitative estimate of drug-likeness (QED) is 0.907. The van der Waals surface area contributed by atoms with E-state index in [9.17, 15) is 4.79 Å². The number of aryl methyl sites for hydroxylation is 2. The maximum Gasteiger partial charge on any atom is 0.263 e. The molecule has 0 saturated carbocycles. The molecule has 5 heteroatoms. The maximum atomic E-state index is 12.3. The SMILES string of the molecule is CCCC(C)NC(=O)c1sc2cc(C)nc(C)c2c1N. The molecule has 0 radical (unpaired) electrons. The van der Waals surface area contributed by atoms with E-state index in [4.69, 9.17) is 5.73 Å². The fraction of sp³-hybridized carbons (Fsp3) is 0.467. The second kappa shape index (κ2) is 5.79. The third-order valence-corrected chi connectivity index (χ3v) is 4.47. The molecule has 1 amide bonds. The van der Waals surface area contributed by atoms with Crippen LogP contribution in [-0.2, 0) is 0 Å². The second-order valence-corrected chi connectivity index (χ2v) is 6.28. The molecule has 0 bridgehead atoms. The highest BCUT2D eigenvalue weighted by Crippen LogP contribution is 2.35. The Kier molecular flexibility index (Phi) is 4.28. The molecule has 0 spiro atoms. The van der Waals surface area contributed by atoms with Crippen LogP contribution in [0.2, 0.25) is 0 Å². The molecule has 2 heterocycles. The number of pyridine rings is 1. The van der Waals surface area contributed by atoms with Crippen molar-refractivity contribution in [2.24, 2.45) is 0 Å². The van der Waals surface area contributed by atoms with Gasteiger partial charge in [0.25, 0.3) is 5.91 Å². The molecule has 0 aliphatic heterocycles. The van der Waals surface area contributed by atoms with Crippen molar-refractivity contribution in [3.05, 3.63) is 22.3 Å². The van der Waals surface area contributed by atoms with Gasteiger partial charge in [-0.1, -0.05) is 13.3 Å². The number of carbonyl (C=O) groups excluding carboxylic acids is 1. The summed E-state index contributed by atoms with van der Waals surface area (Å²) < 4.78 is 1.03. The van der Waals surface area contributed by atoms with E-state index >= 15 is 0 Å². The van der Waals surface area contributed by atoms with Crippen LogP contribution >= 0.6 is 11.3 Å². The van der Waals surface area contributed by atoms with Gasteiger partial charge in [-0.15, -0.1) is 11.3 Å². The molecule has 0 saturated heterocycles. The van der Waals surface area contributed by atoms with Crippen LogP contribution in [0.5, 0.6) is 0 Å². The molecule has 20 heavy (non-hydrogen) atoms. The maximum absolute atomic E-state index is 12.3. The zero-order valence-corrected chi connectivity index (χ0v) is 13.2. The number of aromatic nitrogens is 1. The van der Waals surface area contributed by atoms with E-state index in [-0.39, 0.29) is 11.9 Å². The number of nitrogens with zero attached hydrogens (tertiary/aromatic N) is 1. The summed E-state index contributed by atoms with van der Waals surface area (Å²) in [5.41, 5.74) is 8.53. The third kappa shape index (κ3) is 2.77. The van der Waals surface area contributed by atoms with Crippen molar-refractivity contribution in [1.82, 2.24) is 10.3 Å². The van der Waals surface area contributed by atoms with Gasteiger partial charge in [0.2, 0.25) is 0 Å². The lowest BCUT2D eigenvalue weighted by molar-refractivity contribution is 0.0943. The second-order valence-electron chi connectivity index (χ2n) is 5.23. The average molecular weight is 291 g/mol. The number of nitrogen functional groups attached to an aromatic ring is 1. The van der Waals surface area contributed by atoms with E-state index < -0.39 is 0 Å². The van der Waals surface area contributed by atoms with Crippen molar-refractivity contribution in [1.29, 1.82) is 0 Å². The lowest BCUT2D eigenvalue weighted by Gasteiger charge is -2.12. The summed E-state index contributed by atoms with van der Waals surface area (Å²) >= 11 is 1.44. The van der Waals surface area contributed by atoms with Crippen molar-refractivity contribution in [2.75, 3.05) is 5.73 Å². The molecule has 4 nitrogen and oxygen atoms in total. The molecule has 3 N–H and O–H groups in total. The van der Waals surface area contributed by atoms with Crippen molar-refractivity contribution >= 4 is 33.0 Å². The van der Waals surface area contributed by atoms with Gasteiger partial charge in [0, 0.05) is 27.5 Å². The van der Waals surface area contributed by atoms with Gasteiger partial charge in [0.15, 0.2) is 0 Å². The van der Waals surface area contributed by atoms with Crippen LogP contribution in [0.4, 0.5) is 5.69 Å². The van der Waals surface area contributed by atoms with E-state index in [2.05, 4.69) is 17.2 Å². The number of hydrogen-bond donors (Lipinski definition) is 2. The topological polar surface area (TPSA) is 68.0 Å². The first-order valence-corrected chi connectivity index (χ1v) is 7.72. The highest BCUT2D eigenvalue weighted by Gasteiger charge is 2.19. The smallest absolute Gasteiger partial charge is 0.263 e. The third-order valence-electron chi connectivity index (χ3n) is 3.32. The molecule has 2 aromatic heterocycles. The predicted molar refractivity (Wildman–Crippen MR) is 85.3 cm³/mol. The predicted octanol–water partition coefficient (Wildman–Crippen LogP) is 3.41. The Hall–Kier alpha value is -1.62. The highest BCUT2D eigenvalue weighted by atomic mass is 32.1. The van der Waals surface area contributed by atoms with E-state index in [0.717, 1.165) is 34.3 Å². The zero-order chi connectivity index (χ0) is 14.9. The van der Waals surface area contributed by atoms with Crippen molar-refractivity contribution in [3.63, 3.8) is 0 Å². The lowest BCUT2D eigenvalue weighted by Crippen LogP contribution is -2.32. The Morgan fingerprint density at radius 2 is 2.20 bits per heavy atom. The van der Waals surface area contributed by atoms with Crippen LogP contribution in [0, 0.1) is 13.8 Å². The van der Waals surface area contributed by atoms with Gasteiger partial charge in [-0.25, -0.2) is 0 Å². The Labute approximate surface area is 123 Å². The van der Waals surface area contributed by atoms with E-state index in [1.54, 1.807) is 0 Å². The number of fused-ring (bicyclic) bond motifs is 1. The minimum Gasteiger partial charge on any atom is -0.397 e. The van der Waals surface area contributed by atoms with Crippen molar-refractivity contribution < 1.29 is 4.79 Å². The summed E-state index contributed by atoms with van der Waals surface area (Å²) in [6.07, 6.45) is 2.02. The summed E-state index contributed by atoms with van der Waals surface area (Å²) in [6, 6.07) is 2.15. The number of carbonyl (C=O) groups is 1. The highest BCUT2D eigenvalue weighted by molar-refractivity contribution is 7.21. The molecule has 0 fully saturated rings. The molecule has 0 aliphatic rings. The van der Waals surface area contributed by atoms with Gasteiger partial charge < -0.3 is 11.1 Å². The fourth-order valence-electron chi connectivity index (χ4n) is 2.44. The van der Waals surface area contributed by atoms with Gasteiger partial charge in [-0.2, -0.15) is 0 Å². The number of amides is 1. The standard InChI is InChI=1S/C15H21N3OS/c1-5-6-8(2)18-15(19)14-13(16)12-10(4)17-9(3)7-11(12)20-14/h7-8H,5-6,16H2,1-4H3,(H,18,19). The monoisotopic (exact) mass is 291 g/mol. The minimum atomic E-state index is -0.0818. The summed E-state index contributed by atoms with van der Waals surface area (Å²) in [7, 11) is 0. The minimum absolute atomic E-state index is 0.0818. The summed E-state index contributed by atoms with van der Waals surface area (Å²) in [5, 5.41) is 3.92. The van der Waals surface area contributed by atoms with E-state index in [0.29, 0.717) is 10.6 Å². The molecule has 0 aliphatic carbocycles. The van der Waals surface area contributed by atoms with Gasteiger partial charge in [0.05, 0.1) is 5.69 Å². The number of nitrogens with one attached hydrogen (secondary N) is 1. The number of anilines is 1. The number of thiophene rings is 1. The summed E-state index contributed by atoms with van der Waals surface area (Å²) in [5.74, 6) is -0.0818. The number of hydrogen-bond acceptors (Lipinski definition) is 4. The Bertz CT molecular complexity index is 648. The summed E-state index contributed by atoms with van der Waals surface area (Å²) in [6.45, 7) is 8.00. The lowest BCUT2D eigenvalue weighted by atomic mass is 10.1. The first kappa shape index (κ1) is 14.8. The molecule has 0 aromatic carbocycles. The summed E-state index contributed by atoms with van der Waals surface area (Å²) in [4.78, 5) is 17.3. The van der Waals surface area contributed by atoms with Crippen molar-refractivity contribution in [2.45, 2.75) is 46.6 Å². The largest absolute Gasteiger partial charge is 0.397 e. The van der Waals surface area contributed by atoms with E-state index in [1.807, 2.05) is 26.8 Å². The molecule has 108 valence electrons. The number of nitrogens with two attached hydrogens (primary N) is 1. The van der Waals surface area contributed by atoms with Gasteiger partial charge in [0.1, 0.15) is 4.88 Å². The zero-order valence-electron chi connectivity index (χ0n) is 12.4. The average Bonchev–Trinajstić information content (AvgIpc) is 2.66. The van der Waals surface area contributed by atoms with Crippen LogP contribution in [0.25, 0.3) is 10.1 Å². The van der Waals surface area contributed by atoms with Crippen LogP contribution in [0.3, 0.4) is 0 Å². The molecular formula is C15H21N3OS. The Morgan fingerprint density at radius 1 is 1.50 bits per heavy atom. The molecular weight excluding hydrogens is 270 g/mol. The normalized spacial score (nSPS) is 12.6. The van der Waals surface area contributed by atoms with Gasteiger partial charge >= 0.3 is 0 Å². The van der Waals surface area contributed by atoms with Gasteiger partial charge in [-0.05, 0) is 33.3 Å². The van der Waals surface area contributed by atoms with Crippen LogP contribution in [0.1, 0.15) is 47.7 Å². The van der Waals surface area contributed by atoms with Crippen LogP contribution < -0.4 is 11.1 Å².